The lowest BCUT2D eigenvalue weighted by Gasteiger charge is -2.26. The SMILES string of the molecule is CC(C)S(=O)(=O)N1CCc2nc(NC(=O)c3ccccc3I)sc2C1. The van der Waals surface area contributed by atoms with Crippen LogP contribution in [-0.2, 0) is 23.0 Å². The van der Waals surface area contributed by atoms with E-state index in [4.69, 9.17) is 0 Å². The molecule has 1 aromatic carbocycles. The largest absolute Gasteiger partial charge is 0.298 e. The maximum absolute atomic E-state index is 12.4. The fourth-order valence-corrected chi connectivity index (χ4v) is 5.53. The lowest BCUT2D eigenvalue weighted by molar-refractivity contribution is 0.102. The summed E-state index contributed by atoms with van der Waals surface area (Å²) in [4.78, 5) is 17.8. The molecule has 0 saturated carbocycles. The second kappa shape index (κ2) is 7.29. The standard InChI is InChI=1S/C16H18IN3O3S2/c1-10(2)25(22,23)20-8-7-13-14(9-20)24-16(18-13)19-15(21)11-5-3-4-6-12(11)17/h3-6,10H,7-9H2,1-2H3,(H,18,19,21). The number of amides is 1. The molecule has 9 heteroatoms. The fourth-order valence-electron chi connectivity index (χ4n) is 2.55. The van der Waals surface area contributed by atoms with E-state index < -0.39 is 15.3 Å². The van der Waals surface area contributed by atoms with Crippen LogP contribution in [0.5, 0.6) is 0 Å². The molecule has 2 heterocycles. The maximum atomic E-state index is 12.4. The van der Waals surface area contributed by atoms with E-state index in [9.17, 15) is 13.2 Å². The van der Waals surface area contributed by atoms with Crippen molar-refractivity contribution in [3.63, 3.8) is 0 Å². The summed E-state index contributed by atoms with van der Waals surface area (Å²) in [6, 6.07) is 7.33. The second-order valence-electron chi connectivity index (χ2n) is 6.00. The summed E-state index contributed by atoms with van der Waals surface area (Å²) in [6.45, 7) is 4.13. The minimum atomic E-state index is -3.28. The van der Waals surface area contributed by atoms with Crippen molar-refractivity contribution in [2.45, 2.75) is 32.1 Å². The van der Waals surface area contributed by atoms with Gasteiger partial charge in [0.15, 0.2) is 5.13 Å². The fraction of sp³-hybridized carbons (Fsp3) is 0.375. The van der Waals surface area contributed by atoms with Gasteiger partial charge < -0.3 is 0 Å². The number of nitrogens with zero attached hydrogens (tertiary/aromatic N) is 2. The highest BCUT2D eigenvalue weighted by Crippen LogP contribution is 2.30. The third kappa shape index (κ3) is 3.88. The van der Waals surface area contributed by atoms with Crippen LogP contribution in [0.15, 0.2) is 24.3 Å². The summed E-state index contributed by atoms with van der Waals surface area (Å²) in [5.74, 6) is -0.206. The maximum Gasteiger partial charge on any atom is 0.258 e. The molecule has 1 N–H and O–H groups in total. The highest BCUT2D eigenvalue weighted by atomic mass is 127. The van der Waals surface area contributed by atoms with Crippen LogP contribution in [0.2, 0.25) is 0 Å². The van der Waals surface area contributed by atoms with Gasteiger partial charge in [-0.15, -0.1) is 11.3 Å². The summed E-state index contributed by atoms with van der Waals surface area (Å²) >= 11 is 3.47. The Labute approximate surface area is 164 Å². The van der Waals surface area contributed by atoms with E-state index in [0.29, 0.717) is 30.2 Å². The summed E-state index contributed by atoms with van der Waals surface area (Å²) in [5, 5.41) is 2.90. The van der Waals surface area contributed by atoms with Gasteiger partial charge in [0.05, 0.1) is 16.5 Å². The normalized spacial score (nSPS) is 15.2. The number of fused-ring (bicyclic) bond motifs is 1. The molecule has 0 aliphatic carbocycles. The van der Waals surface area contributed by atoms with Crippen molar-refractivity contribution >= 4 is 55.0 Å². The Morgan fingerprint density at radius 2 is 2.08 bits per heavy atom. The highest BCUT2D eigenvalue weighted by Gasteiger charge is 2.31. The molecule has 0 fully saturated rings. The first kappa shape index (κ1) is 18.7. The number of sulfonamides is 1. The van der Waals surface area contributed by atoms with Gasteiger partial charge in [-0.1, -0.05) is 12.1 Å². The molecule has 1 aromatic heterocycles. The number of benzene rings is 1. The van der Waals surface area contributed by atoms with Crippen molar-refractivity contribution in [2.75, 3.05) is 11.9 Å². The van der Waals surface area contributed by atoms with Gasteiger partial charge in [0.2, 0.25) is 10.0 Å². The van der Waals surface area contributed by atoms with E-state index in [1.54, 1.807) is 19.9 Å². The minimum Gasteiger partial charge on any atom is -0.298 e. The number of carbonyl (C=O) groups is 1. The summed E-state index contributed by atoms with van der Waals surface area (Å²) < 4.78 is 27.1. The van der Waals surface area contributed by atoms with Crippen LogP contribution < -0.4 is 5.32 Å². The first-order valence-electron chi connectivity index (χ1n) is 7.82. The van der Waals surface area contributed by atoms with Gasteiger partial charge in [0, 0.05) is 28.0 Å². The molecule has 1 aliphatic rings. The smallest absolute Gasteiger partial charge is 0.258 e. The van der Waals surface area contributed by atoms with Crippen LogP contribution in [0.1, 0.15) is 34.8 Å². The van der Waals surface area contributed by atoms with Crippen LogP contribution in [-0.4, -0.2) is 35.4 Å². The molecular formula is C16H18IN3O3S2. The predicted octanol–water partition coefficient (Wildman–Crippen LogP) is 3.10. The van der Waals surface area contributed by atoms with Gasteiger partial charge in [-0.2, -0.15) is 4.31 Å². The molecule has 0 atom stereocenters. The van der Waals surface area contributed by atoms with Gasteiger partial charge in [-0.25, -0.2) is 13.4 Å². The molecule has 25 heavy (non-hydrogen) atoms. The van der Waals surface area contributed by atoms with Crippen molar-refractivity contribution in [2.24, 2.45) is 0 Å². The second-order valence-corrected chi connectivity index (χ2v) is 10.7. The molecule has 6 nitrogen and oxygen atoms in total. The molecule has 2 aromatic rings. The number of hydrogen-bond acceptors (Lipinski definition) is 5. The number of aromatic nitrogens is 1. The Kier molecular flexibility index (Phi) is 5.47. The van der Waals surface area contributed by atoms with Gasteiger partial charge >= 0.3 is 0 Å². The Morgan fingerprint density at radius 1 is 1.36 bits per heavy atom. The van der Waals surface area contributed by atoms with Gasteiger partial charge in [0.1, 0.15) is 0 Å². The zero-order chi connectivity index (χ0) is 18.2. The van der Waals surface area contributed by atoms with Crippen LogP contribution in [0.3, 0.4) is 0 Å². The molecule has 0 unspecified atom stereocenters. The predicted molar refractivity (Wildman–Crippen MR) is 107 cm³/mol. The van der Waals surface area contributed by atoms with Crippen LogP contribution >= 0.6 is 33.9 Å². The lowest BCUT2D eigenvalue weighted by atomic mass is 10.2. The van der Waals surface area contributed by atoms with Crippen LogP contribution in [0, 0.1) is 3.57 Å². The summed E-state index contributed by atoms with van der Waals surface area (Å²) in [5.41, 5.74) is 1.47. The number of thiazole rings is 1. The Morgan fingerprint density at radius 3 is 2.76 bits per heavy atom. The molecule has 1 aliphatic heterocycles. The van der Waals surface area contributed by atoms with E-state index in [1.165, 1.54) is 15.6 Å². The number of hydrogen-bond donors (Lipinski definition) is 1. The van der Waals surface area contributed by atoms with Gasteiger partial charge in [-0.3, -0.25) is 10.1 Å². The first-order chi connectivity index (χ1) is 11.8. The van der Waals surface area contributed by atoms with E-state index >= 15 is 0 Å². The van der Waals surface area contributed by atoms with Crippen molar-refractivity contribution in [3.05, 3.63) is 44.0 Å². The number of halogens is 1. The van der Waals surface area contributed by atoms with Gasteiger partial charge in [-0.05, 0) is 48.6 Å². The van der Waals surface area contributed by atoms with E-state index in [2.05, 4.69) is 32.9 Å². The number of anilines is 1. The van der Waals surface area contributed by atoms with Crippen molar-refractivity contribution in [3.8, 4) is 0 Å². The monoisotopic (exact) mass is 491 g/mol. The first-order valence-corrected chi connectivity index (χ1v) is 11.2. The summed E-state index contributed by atoms with van der Waals surface area (Å²) in [7, 11) is -3.28. The number of carbonyl (C=O) groups excluding carboxylic acids is 1. The highest BCUT2D eigenvalue weighted by molar-refractivity contribution is 14.1. The molecule has 3 rings (SSSR count). The minimum absolute atomic E-state index is 0.206. The third-order valence-corrected chi connectivity index (χ3v) is 8.15. The molecule has 0 radical (unpaired) electrons. The van der Waals surface area contributed by atoms with E-state index in [1.807, 2.05) is 18.2 Å². The van der Waals surface area contributed by atoms with E-state index in [-0.39, 0.29) is 5.91 Å². The quantitative estimate of drug-likeness (QED) is 0.667. The van der Waals surface area contributed by atoms with E-state index in [0.717, 1.165) is 14.1 Å². The zero-order valence-corrected chi connectivity index (χ0v) is 17.6. The lowest BCUT2D eigenvalue weighted by Crippen LogP contribution is -2.39. The summed E-state index contributed by atoms with van der Waals surface area (Å²) in [6.07, 6.45) is 0.566. The molecule has 0 spiro atoms. The average Bonchev–Trinajstić information content (AvgIpc) is 2.96. The van der Waals surface area contributed by atoms with Crippen LogP contribution in [0.25, 0.3) is 0 Å². The molecule has 1 amide bonds. The van der Waals surface area contributed by atoms with Crippen molar-refractivity contribution in [1.29, 1.82) is 0 Å². The Balaban J connectivity index is 1.77. The molecule has 134 valence electrons. The Hall–Kier alpha value is -1.04. The molecular weight excluding hydrogens is 473 g/mol. The van der Waals surface area contributed by atoms with Crippen molar-refractivity contribution in [1.82, 2.24) is 9.29 Å². The van der Waals surface area contributed by atoms with Crippen molar-refractivity contribution < 1.29 is 13.2 Å². The molecule has 0 saturated heterocycles. The molecule has 0 bridgehead atoms. The Bertz CT molecular complexity index is 909. The number of rotatable bonds is 4. The topological polar surface area (TPSA) is 79.4 Å². The van der Waals surface area contributed by atoms with Gasteiger partial charge in [0.25, 0.3) is 5.91 Å². The zero-order valence-electron chi connectivity index (χ0n) is 13.8. The average molecular weight is 491 g/mol. The third-order valence-electron chi connectivity index (χ3n) is 3.99. The van der Waals surface area contributed by atoms with Crippen LogP contribution in [0.4, 0.5) is 5.13 Å². The number of nitrogens with one attached hydrogen (secondary N) is 1.